The number of carbonyl (C=O) groups excluding carboxylic acids is 2. The minimum atomic E-state index is -0.106. The van der Waals surface area contributed by atoms with Gasteiger partial charge in [-0.25, -0.2) is 9.97 Å². The van der Waals surface area contributed by atoms with Crippen LogP contribution in [0.3, 0.4) is 0 Å². The topological polar surface area (TPSA) is 95.4 Å². The molecule has 1 fully saturated rings. The van der Waals surface area contributed by atoms with Crippen LogP contribution in [-0.2, 0) is 11.8 Å². The van der Waals surface area contributed by atoms with Gasteiger partial charge in [-0.3, -0.25) is 9.59 Å². The zero-order valence-electron chi connectivity index (χ0n) is 20.9. The number of piperazine rings is 1. The lowest BCUT2D eigenvalue weighted by Crippen LogP contribution is -2.49. The summed E-state index contributed by atoms with van der Waals surface area (Å²) in [6.07, 6.45) is 3.62. The summed E-state index contributed by atoms with van der Waals surface area (Å²) in [6, 6.07) is 21.3. The van der Waals surface area contributed by atoms with Crippen molar-refractivity contribution in [3.8, 4) is 11.3 Å². The lowest BCUT2D eigenvalue weighted by atomic mass is 10.1. The predicted molar refractivity (Wildman–Crippen MR) is 145 cm³/mol. The molecule has 2 amide bonds. The fraction of sp³-hybridized carbons (Fsp3) is 0.214. The molecule has 37 heavy (non-hydrogen) atoms. The Balaban J connectivity index is 1.23. The van der Waals surface area contributed by atoms with Gasteiger partial charge in [-0.2, -0.15) is 0 Å². The van der Waals surface area contributed by atoms with Crippen molar-refractivity contribution in [3.63, 3.8) is 0 Å². The molecule has 0 spiro atoms. The van der Waals surface area contributed by atoms with Crippen LogP contribution in [0.25, 0.3) is 11.3 Å². The summed E-state index contributed by atoms with van der Waals surface area (Å²) >= 11 is 0. The van der Waals surface area contributed by atoms with Crippen LogP contribution in [0.15, 0.2) is 79.1 Å². The number of hydrogen-bond acceptors (Lipinski definition) is 6. The van der Waals surface area contributed by atoms with Crippen LogP contribution in [0.4, 0.5) is 23.0 Å². The summed E-state index contributed by atoms with van der Waals surface area (Å²) in [6.45, 7) is 4.36. The van der Waals surface area contributed by atoms with Crippen LogP contribution in [0.2, 0.25) is 0 Å². The maximum absolute atomic E-state index is 12.8. The Morgan fingerprint density at radius 3 is 2.38 bits per heavy atom. The second-order valence-electron chi connectivity index (χ2n) is 8.98. The van der Waals surface area contributed by atoms with Crippen molar-refractivity contribution in [2.75, 3.05) is 41.7 Å². The van der Waals surface area contributed by atoms with E-state index < -0.39 is 0 Å². The monoisotopic (exact) mass is 495 g/mol. The normalized spacial score (nSPS) is 13.4. The smallest absolute Gasteiger partial charge is 0.270 e. The first-order valence-electron chi connectivity index (χ1n) is 12.2. The van der Waals surface area contributed by atoms with Crippen LogP contribution in [0.1, 0.15) is 17.4 Å². The zero-order valence-corrected chi connectivity index (χ0v) is 20.9. The Kier molecular flexibility index (Phi) is 6.85. The largest absolute Gasteiger partial charge is 0.368 e. The first-order valence-corrected chi connectivity index (χ1v) is 12.2. The number of rotatable bonds is 6. The van der Waals surface area contributed by atoms with Gasteiger partial charge in [0.15, 0.2) is 0 Å². The Morgan fingerprint density at radius 2 is 1.68 bits per heavy atom. The fourth-order valence-electron chi connectivity index (χ4n) is 4.43. The first kappa shape index (κ1) is 24.1. The molecule has 0 saturated carbocycles. The summed E-state index contributed by atoms with van der Waals surface area (Å²) in [7, 11) is 1.89. The van der Waals surface area contributed by atoms with E-state index in [9.17, 15) is 9.59 Å². The van der Waals surface area contributed by atoms with Gasteiger partial charge in [0, 0.05) is 75.2 Å². The van der Waals surface area contributed by atoms with E-state index in [2.05, 4.69) is 37.6 Å². The number of anilines is 4. The van der Waals surface area contributed by atoms with Crippen molar-refractivity contribution in [1.29, 1.82) is 0 Å². The number of amides is 2. The van der Waals surface area contributed by atoms with Gasteiger partial charge in [0.2, 0.25) is 11.9 Å². The van der Waals surface area contributed by atoms with E-state index in [-0.39, 0.29) is 11.8 Å². The molecule has 0 unspecified atom stereocenters. The highest BCUT2D eigenvalue weighted by Gasteiger charge is 2.23. The van der Waals surface area contributed by atoms with Gasteiger partial charge in [-0.1, -0.05) is 18.2 Å². The number of aromatic nitrogens is 3. The second kappa shape index (κ2) is 10.5. The number of benzene rings is 2. The molecule has 0 radical (unpaired) electrons. The van der Waals surface area contributed by atoms with Crippen molar-refractivity contribution in [1.82, 2.24) is 19.4 Å². The summed E-state index contributed by atoms with van der Waals surface area (Å²) in [5.74, 6) is 0.467. The average Bonchev–Trinajstić information content (AvgIpc) is 3.34. The fourth-order valence-corrected chi connectivity index (χ4v) is 4.43. The number of aryl methyl sites for hydroxylation is 1. The zero-order chi connectivity index (χ0) is 25.8. The third-order valence-corrected chi connectivity index (χ3v) is 6.35. The van der Waals surface area contributed by atoms with E-state index in [1.54, 1.807) is 6.20 Å². The molecule has 0 aliphatic carbocycles. The van der Waals surface area contributed by atoms with E-state index in [4.69, 9.17) is 0 Å². The average molecular weight is 496 g/mol. The number of hydrogen-bond donors (Lipinski definition) is 2. The lowest BCUT2D eigenvalue weighted by molar-refractivity contribution is -0.114. The Morgan fingerprint density at radius 1 is 0.892 bits per heavy atom. The molecule has 2 aromatic carbocycles. The molecule has 2 N–H and O–H groups in total. The Labute approximate surface area is 215 Å². The van der Waals surface area contributed by atoms with E-state index in [0.717, 1.165) is 41.4 Å². The van der Waals surface area contributed by atoms with Crippen LogP contribution < -0.4 is 15.5 Å². The van der Waals surface area contributed by atoms with Crippen molar-refractivity contribution >= 4 is 34.8 Å². The molecule has 0 atom stereocenters. The minimum absolute atomic E-state index is 0.0735. The molecule has 1 aliphatic rings. The molecule has 3 heterocycles. The maximum atomic E-state index is 12.8. The van der Waals surface area contributed by atoms with Crippen molar-refractivity contribution in [3.05, 3.63) is 84.8 Å². The molecule has 4 aromatic rings. The van der Waals surface area contributed by atoms with Crippen molar-refractivity contribution in [2.24, 2.45) is 7.05 Å². The quantitative estimate of drug-likeness (QED) is 0.417. The lowest BCUT2D eigenvalue weighted by Gasteiger charge is -2.36. The van der Waals surface area contributed by atoms with Crippen molar-refractivity contribution in [2.45, 2.75) is 6.92 Å². The first-order chi connectivity index (χ1) is 18.0. The van der Waals surface area contributed by atoms with E-state index in [1.807, 2.05) is 77.3 Å². The second-order valence-corrected chi connectivity index (χ2v) is 8.98. The summed E-state index contributed by atoms with van der Waals surface area (Å²) in [5.41, 5.74) is 5.13. The summed E-state index contributed by atoms with van der Waals surface area (Å²) in [5, 5.41) is 6.08. The molecule has 0 bridgehead atoms. The Hall–Kier alpha value is -4.66. The number of nitrogens with one attached hydrogen (secondary N) is 2. The molecule has 9 heteroatoms. The SMILES string of the molecule is CC(=O)Nc1ccc(-c2ccnc(Nc3cccc(N4CCN(C(=O)c5cccn5C)CC4)c3)n2)cc1. The summed E-state index contributed by atoms with van der Waals surface area (Å²) in [4.78, 5) is 37.3. The van der Waals surface area contributed by atoms with E-state index in [0.29, 0.717) is 24.7 Å². The number of carbonyl (C=O) groups is 2. The third kappa shape index (κ3) is 5.61. The van der Waals surface area contributed by atoms with Gasteiger partial charge < -0.3 is 25.0 Å². The summed E-state index contributed by atoms with van der Waals surface area (Å²) < 4.78 is 1.86. The highest BCUT2D eigenvalue weighted by atomic mass is 16.2. The molecule has 188 valence electrons. The van der Waals surface area contributed by atoms with Crippen molar-refractivity contribution < 1.29 is 9.59 Å². The molecule has 2 aromatic heterocycles. The van der Waals surface area contributed by atoms with Gasteiger partial charge in [-0.15, -0.1) is 0 Å². The molecule has 5 rings (SSSR count). The molecule has 9 nitrogen and oxygen atoms in total. The molecule has 1 saturated heterocycles. The van der Waals surface area contributed by atoms with E-state index in [1.165, 1.54) is 6.92 Å². The minimum Gasteiger partial charge on any atom is -0.368 e. The Bertz CT molecular complexity index is 1410. The van der Waals surface area contributed by atoms with Crippen LogP contribution in [0, 0.1) is 0 Å². The molecule has 1 aliphatic heterocycles. The van der Waals surface area contributed by atoms with Crippen LogP contribution in [0.5, 0.6) is 0 Å². The van der Waals surface area contributed by atoms with Gasteiger partial charge in [-0.05, 0) is 48.5 Å². The van der Waals surface area contributed by atoms with Crippen LogP contribution >= 0.6 is 0 Å². The van der Waals surface area contributed by atoms with Gasteiger partial charge in [0.05, 0.1) is 5.69 Å². The predicted octanol–water partition coefficient (Wildman–Crippen LogP) is 4.15. The molecular weight excluding hydrogens is 466 g/mol. The molecular formula is C28H29N7O2. The maximum Gasteiger partial charge on any atom is 0.270 e. The van der Waals surface area contributed by atoms with Gasteiger partial charge in [0.1, 0.15) is 5.69 Å². The standard InChI is InChI=1S/C28H29N7O2/c1-20(36)30-22-10-8-21(9-11-22)25-12-13-29-28(32-25)31-23-5-3-6-24(19-23)34-15-17-35(18-16-34)27(37)26-7-4-14-33(26)2/h3-14,19H,15-18H2,1-2H3,(H,30,36)(H,29,31,32). The third-order valence-electron chi connectivity index (χ3n) is 6.35. The van der Waals surface area contributed by atoms with Crippen LogP contribution in [-0.4, -0.2) is 57.4 Å². The van der Waals surface area contributed by atoms with Gasteiger partial charge in [0.25, 0.3) is 5.91 Å². The van der Waals surface area contributed by atoms with Gasteiger partial charge >= 0.3 is 0 Å². The number of nitrogens with zero attached hydrogens (tertiary/aromatic N) is 5. The highest BCUT2D eigenvalue weighted by molar-refractivity contribution is 5.93. The highest BCUT2D eigenvalue weighted by Crippen LogP contribution is 2.25. The van der Waals surface area contributed by atoms with E-state index >= 15 is 0 Å².